The molecule has 0 saturated carbocycles. The molecule has 0 radical (unpaired) electrons. The van der Waals surface area contributed by atoms with Crippen LogP contribution in [0, 0.1) is 5.41 Å². The van der Waals surface area contributed by atoms with Gasteiger partial charge in [0.25, 0.3) is 5.91 Å². The number of fused-ring (bicyclic) bond motifs is 1. The highest BCUT2D eigenvalue weighted by Gasteiger charge is 2.19. The van der Waals surface area contributed by atoms with E-state index in [0.717, 1.165) is 16.5 Å². The zero-order valence-corrected chi connectivity index (χ0v) is 17.8. The number of rotatable bonds is 9. The Morgan fingerprint density at radius 1 is 1.19 bits per heavy atom. The van der Waals surface area contributed by atoms with Gasteiger partial charge in [0.15, 0.2) is 0 Å². The number of aromatic amines is 1. The summed E-state index contributed by atoms with van der Waals surface area (Å²) in [5, 5.41) is 14.7. The summed E-state index contributed by atoms with van der Waals surface area (Å²) in [7, 11) is 0. The molecule has 1 atom stereocenters. The summed E-state index contributed by atoms with van der Waals surface area (Å²) >= 11 is 5.25. The van der Waals surface area contributed by atoms with E-state index in [1.54, 1.807) is 25.1 Å². The largest absolute Gasteiger partial charge is 0.373 e. The first kappa shape index (κ1) is 22.0. The summed E-state index contributed by atoms with van der Waals surface area (Å²) in [6, 6.07) is 12.0. The molecule has 1 heterocycles. The van der Waals surface area contributed by atoms with Crippen LogP contribution in [0.2, 0.25) is 0 Å². The van der Waals surface area contributed by atoms with E-state index in [2.05, 4.69) is 15.6 Å². The number of nitrogens with two attached hydrogens (primary N) is 2. The Morgan fingerprint density at radius 2 is 1.94 bits per heavy atom. The van der Waals surface area contributed by atoms with Crippen molar-refractivity contribution in [3.05, 3.63) is 59.8 Å². The number of thiocarbonyl (C=S) groups is 1. The Morgan fingerprint density at radius 3 is 2.61 bits per heavy atom. The van der Waals surface area contributed by atoms with Gasteiger partial charge in [-0.25, -0.2) is 0 Å². The molecule has 9 heteroatoms. The number of benzene rings is 2. The number of primary amides is 2. The van der Waals surface area contributed by atoms with Gasteiger partial charge in [0, 0.05) is 41.3 Å². The van der Waals surface area contributed by atoms with Crippen molar-refractivity contribution >= 4 is 57.0 Å². The van der Waals surface area contributed by atoms with E-state index in [9.17, 15) is 9.59 Å². The van der Waals surface area contributed by atoms with Crippen molar-refractivity contribution in [1.29, 1.82) is 5.41 Å². The second kappa shape index (κ2) is 9.40. The molecule has 2 amide bonds. The van der Waals surface area contributed by atoms with E-state index in [1.165, 1.54) is 0 Å². The van der Waals surface area contributed by atoms with Crippen molar-refractivity contribution in [2.75, 3.05) is 10.6 Å². The Kier molecular flexibility index (Phi) is 6.66. The number of hydrogen-bond acceptors (Lipinski definition) is 5. The van der Waals surface area contributed by atoms with Gasteiger partial charge in [-0.05, 0) is 36.8 Å². The van der Waals surface area contributed by atoms with Gasteiger partial charge in [0.1, 0.15) is 6.04 Å². The summed E-state index contributed by atoms with van der Waals surface area (Å²) < 4.78 is 0. The van der Waals surface area contributed by atoms with Gasteiger partial charge in [-0.3, -0.25) is 9.59 Å². The van der Waals surface area contributed by atoms with Crippen molar-refractivity contribution in [3.63, 3.8) is 0 Å². The smallest absolute Gasteiger partial charge is 0.250 e. The molecular formula is C22H24N6O2S. The molecule has 3 rings (SSSR count). The van der Waals surface area contributed by atoms with E-state index in [1.807, 2.05) is 30.5 Å². The van der Waals surface area contributed by atoms with Crippen LogP contribution < -0.4 is 22.1 Å². The maximum atomic E-state index is 12.1. The number of carbonyl (C=O) groups excluding carboxylic acids is 2. The molecule has 31 heavy (non-hydrogen) atoms. The summed E-state index contributed by atoms with van der Waals surface area (Å²) in [5.41, 5.74) is 14.7. The van der Waals surface area contributed by atoms with Gasteiger partial charge in [-0.2, -0.15) is 0 Å². The monoisotopic (exact) mass is 436 g/mol. The zero-order chi connectivity index (χ0) is 22.5. The maximum absolute atomic E-state index is 12.1. The van der Waals surface area contributed by atoms with Crippen LogP contribution in [0.3, 0.4) is 0 Å². The van der Waals surface area contributed by atoms with Crippen molar-refractivity contribution in [3.8, 4) is 0 Å². The van der Waals surface area contributed by atoms with E-state index in [-0.39, 0.29) is 12.0 Å². The molecule has 0 bridgehead atoms. The van der Waals surface area contributed by atoms with Crippen molar-refractivity contribution in [2.24, 2.45) is 11.5 Å². The quantitative estimate of drug-likeness (QED) is 0.225. The summed E-state index contributed by atoms with van der Waals surface area (Å²) in [5.74, 6) is -1.12. The number of aromatic nitrogens is 1. The minimum Gasteiger partial charge on any atom is -0.373 e. The average Bonchev–Trinajstić information content (AvgIpc) is 3.09. The van der Waals surface area contributed by atoms with Crippen molar-refractivity contribution < 1.29 is 9.59 Å². The Hall–Kier alpha value is -3.72. The van der Waals surface area contributed by atoms with E-state index >= 15 is 0 Å². The van der Waals surface area contributed by atoms with Gasteiger partial charge in [0.05, 0.1) is 16.2 Å². The van der Waals surface area contributed by atoms with Crippen LogP contribution in [-0.2, 0) is 11.2 Å². The lowest BCUT2D eigenvalue weighted by Crippen LogP contribution is -2.37. The van der Waals surface area contributed by atoms with E-state index < -0.39 is 17.9 Å². The minimum atomic E-state index is -0.678. The second-order valence-corrected chi connectivity index (χ2v) is 7.79. The summed E-state index contributed by atoms with van der Waals surface area (Å²) in [4.78, 5) is 27.5. The normalized spacial score (nSPS) is 11.6. The van der Waals surface area contributed by atoms with Crippen LogP contribution in [0.5, 0.6) is 0 Å². The molecule has 0 aliphatic carbocycles. The lowest BCUT2D eigenvalue weighted by molar-refractivity contribution is -0.118. The highest BCUT2D eigenvalue weighted by molar-refractivity contribution is 7.80. The molecule has 0 saturated heterocycles. The topological polar surface area (TPSA) is 150 Å². The molecule has 8 N–H and O–H groups in total. The molecular weight excluding hydrogens is 412 g/mol. The van der Waals surface area contributed by atoms with Gasteiger partial charge in [0.2, 0.25) is 5.91 Å². The summed E-state index contributed by atoms with van der Waals surface area (Å²) in [6.45, 7) is 1.64. The standard InChI is InChI=1S/C22H24N6O2S/c1-12(23)8-20(31)28-18-10-14(6-7-16(18)21(24)29)27-19(22(25)30)9-13-11-26-17-5-3-2-4-15(13)17/h2-7,10-11,19,23,26-27H,8-9H2,1H3,(H2,24,29)(H2,25,30)(H,28,31). The van der Waals surface area contributed by atoms with Crippen molar-refractivity contribution in [1.82, 2.24) is 4.98 Å². The van der Waals surface area contributed by atoms with E-state index in [4.69, 9.17) is 29.1 Å². The fourth-order valence-electron chi connectivity index (χ4n) is 3.33. The lowest BCUT2D eigenvalue weighted by Gasteiger charge is -2.19. The predicted molar refractivity (Wildman–Crippen MR) is 128 cm³/mol. The number of anilines is 2. The van der Waals surface area contributed by atoms with Crippen LogP contribution in [-0.4, -0.2) is 33.5 Å². The summed E-state index contributed by atoms with van der Waals surface area (Å²) in [6.07, 6.45) is 2.50. The SMILES string of the molecule is CC(=N)CC(=S)Nc1cc(NC(Cc2c[nH]c3ccccc23)C(N)=O)ccc1C(N)=O. The number of hydrogen-bond donors (Lipinski definition) is 6. The molecule has 160 valence electrons. The highest BCUT2D eigenvalue weighted by atomic mass is 32.1. The van der Waals surface area contributed by atoms with Gasteiger partial charge < -0.3 is 32.5 Å². The molecule has 0 aliphatic heterocycles. The first-order chi connectivity index (χ1) is 14.7. The van der Waals surface area contributed by atoms with Crippen LogP contribution in [0.4, 0.5) is 11.4 Å². The fraction of sp³-hybridized carbons (Fsp3) is 0.182. The number of amides is 2. The maximum Gasteiger partial charge on any atom is 0.250 e. The first-order valence-corrected chi connectivity index (χ1v) is 10.0. The van der Waals surface area contributed by atoms with Crippen LogP contribution in [0.1, 0.15) is 29.3 Å². The van der Waals surface area contributed by atoms with Gasteiger partial charge in [-0.15, -0.1) is 0 Å². The fourth-order valence-corrected chi connectivity index (χ4v) is 3.66. The molecule has 3 aromatic rings. The van der Waals surface area contributed by atoms with Crippen LogP contribution >= 0.6 is 12.2 Å². The average molecular weight is 437 g/mol. The van der Waals surface area contributed by atoms with Crippen molar-refractivity contribution in [2.45, 2.75) is 25.8 Å². The molecule has 8 nitrogen and oxygen atoms in total. The van der Waals surface area contributed by atoms with Gasteiger partial charge in [-0.1, -0.05) is 30.4 Å². The molecule has 1 unspecified atom stereocenters. The zero-order valence-electron chi connectivity index (χ0n) is 17.0. The Balaban J connectivity index is 1.85. The molecule has 0 aliphatic rings. The Bertz CT molecular complexity index is 1170. The minimum absolute atomic E-state index is 0.253. The number of para-hydroxylation sites is 1. The number of carbonyl (C=O) groups is 2. The third-order valence-corrected chi connectivity index (χ3v) is 5.01. The molecule has 1 aromatic heterocycles. The van der Waals surface area contributed by atoms with Gasteiger partial charge >= 0.3 is 0 Å². The highest BCUT2D eigenvalue weighted by Crippen LogP contribution is 2.24. The Labute approximate surface area is 184 Å². The van der Waals surface area contributed by atoms with E-state index in [0.29, 0.717) is 28.5 Å². The number of nitrogens with one attached hydrogen (secondary N) is 4. The predicted octanol–water partition coefficient (Wildman–Crippen LogP) is 2.94. The molecule has 0 spiro atoms. The van der Waals surface area contributed by atoms with Crippen LogP contribution in [0.25, 0.3) is 10.9 Å². The first-order valence-electron chi connectivity index (χ1n) is 9.63. The van der Waals surface area contributed by atoms with Crippen LogP contribution in [0.15, 0.2) is 48.7 Å². The third-order valence-electron chi connectivity index (χ3n) is 4.77. The second-order valence-electron chi connectivity index (χ2n) is 7.29. The lowest BCUT2D eigenvalue weighted by atomic mass is 10.0. The third kappa shape index (κ3) is 5.46. The number of H-pyrrole nitrogens is 1. The molecule has 2 aromatic carbocycles. The molecule has 0 fully saturated rings.